The van der Waals surface area contributed by atoms with Gasteiger partial charge in [0.1, 0.15) is 11.5 Å². The number of hydrogen-bond donors (Lipinski definition) is 2. The monoisotopic (exact) mass is 247 g/mol. The second kappa shape index (κ2) is 6.07. The molecule has 0 aliphatic heterocycles. The van der Waals surface area contributed by atoms with Gasteiger partial charge in [-0.25, -0.2) is 4.98 Å². The minimum Gasteiger partial charge on any atom is -0.507 e. The number of phenolic OH excluding ortho intramolecular Hbond substituents is 1. The number of aromatic nitrogens is 2. The number of nitrogens with zero attached hydrogens (tertiary/aromatic N) is 2. The van der Waals surface area contributed by atoms with E-state index in [-0.39, 0.29) is 5.75 Å². The fourth-order valence-electron chi connectivity index (χ4n) is 1.67. The van der Waals surface area contributed by atoms with Crippen LogP contribution in [-0.2, 0) is 13.1 Å². The van der Waals surface area contributed by atoms with E-state index in [1.807, 2.05) is 22.9 Å². The van der Waals surface area contributed by atoms with Gasteiger partial charge in [-0.3, -0.25) is 0 Å². The first-order chi connectivity index (χ1) is 8.79. The molecule has 0 bridgehead atoms. The molecule has 1 aromatic carbocycles. The lowest BCUT2D eigenvalue weighted by Gasteiger charge is -2.08. The number of methoxy groups -OCH3 is 1. The summed E-state index contributed by atoms with van der Waals surface area (Å²) in [4.78, 5) is 3.97. The van der Waals surface area contributed by atoms with Crippen molar-refractivity contribution in [1.29, 1.82) is 0 Å². The molecule has 0 atom stereocenters. The lowest BCUT2D eigenvalue weighted by molar-refractivity contribution is 0.406. The largest absolute Gasteiger partial charge is 0.507 e. The van der Waals surface area contributed by atoms with Gasteiger partial charge in [-0.2, -0.15) is 0 Å². The van der Waals surface area contributed by atoms with Crippen LogP contribution < -0.4 is 10.1 Å². The molecule has 0 saturated carbocycles. The van der Waals surface area contributed by atoms with Crippen molar-refractivity contribution in [1.82, 2.24) is 14.9 Å². The van der Waals surface area contributed by atoms with Gasteiger partial charge in [-0.1, -0.05) is 6.07 Å². The summed E-state index contributed by atoms with van der Waals surface area (Å²) >= 11 is 0. The second-order valence-electron chi connectivity index (χ2n) is 3.97. The molecule has 0 saturated heterocycles. The van der Waals surface area contributed by atoms with Crippen LogP contribution in [0.15, 0.2) is 36.9 Å². The van der Waals surface area contributed by atoms with E-state index in [0.717, 1.165) is 18.7 Å². The van der Waals surface area contributed by atoms with E-state index in [4.69, 9.17) is 4.74 Å². The van der Waals surface area contributed by atoms with Crippen molar-refractivity contribution in [2.45, 2.75) is 13.1 Å². The molecule has 5 nitrogen and oxygen atoms in total. The van der Waals surface area contributed by atoms with Crippen LogP contribution in [-0.4, -0.2) is 28.3 Å². The summed E-state index contributed by atoms with van der Waals surface area (Å²) in [5, 5.41) is 13.0. The Hall–Kier alpha value is -2.01. The Bertz CT molecular complexity index is 483. The Balaban J connectivity index is 1.79. The fraction of sp³-hybridized carbons (Fsp3) is 0.308. The summed E-state index contributed by atoms with van der Waals surface area (Å²) in [7, 11) is 1.58. The minimum absolute atomic E-state index is 0.254. The van der Waals surface area contributed by atoms with E-state index in [1.54, 1.807) is 25.7 Å². The Morgan fingerprint density at radius 3 is 3.00 bits per heavy atom. The molecule has 0 aliphatic carbocycles. The zero-order valence-electron chi connectivity index (χ0n) is 10.3. The summed E-state index contributed by atoms with van der Waals surface area (Å²) < 4.78 is 7.03. The van der Waals surface area contributed by atoms with Crippen LogP contribution in [0.1, 0.15) is 5.56 Å². The molecule has 2 rings (SSSR count). The van der Waals surface area contributed by atoms with Gasteiger partial charge < -0.3 is 19.7 Å². The van der Waals surface area contributed by atoms with E-state index >= 15 is 0 Å². The van der Waals surface area contributed by atoms with Crippen molar-refractivity contribution in [3.63, 3.8) is 0 Å². The van der Waals surface area contributed by atoms with Crippen LogP contribution >= 0.6 is 0 Å². The molecule has 96 valence electrons. The number of phenols is 1. The van der Waals surface area contributed by atoms with Gasteiger partial charge in [0.15, 0.2) is 0 Å². The lowest BCUT2D eigenvalue weighted by Crippen LogP contribution is -2.19. The van der Waals surface area contributed by atoms with Crippen molar-refractivity contribution >= 4 is 0 Å². The fourth-order valence-corrected chi connectivity index (χ4v) is 1.67. The standard InChI is InChI=1S/C13H17N3O2/c1-18-12-3-2-11(13(17)8-12)9-14-4-6-16-7-5-15-10-16/h2-3,5,7-8,10,14,17H,4,6,9H2,1H3. The van der Waals surface area contributed by atoms with Crippen molar-refractivity contribution in [3.05, 3.63) is 42.5 Å². The Morgan fingerprint density at radius 1 is 1.44 bits per heavy atom. The highest BCUT2D eigenvalue weighted by Crippen LogP contribution is 2.22. The number of benzene rings is 1. The number of aromatic hydroxyl groups is 1. The predicted octanol–water partition coefficient (Wildman–Crippen LogP) is 1.39. The lowest BCUT2D eigenvalue weighted by atomic mass is 10.2. The molecule has 5 heteroatoms. The van der Waals surface area contributed by atoms with Gasteiger partial charge in [0.2, 0.25) is 0 Å². The first-order valence-electron chi connectivity index (χ1n) is 5.82. The molecule has 0 amide bonds. The van der Waals surface area contributed by atoms with Gasteiger partial charge in [0.05, 0.1) is 13.4 Å². The maximum Gasteiger partial charge on any atom is 0.123 e. The molecule has 0 unspecified atom stereocenters. The maximum absolute atomic E-state index is 9.77. The third-order valence-electron chi connectivity index (χ3n) is 2.71. The Kier molecular flexibility index (Phi) is 4.20. The second-order valence-corrected chi connectivity index (χ2v) is 3.97. The van der Waals surface area contributed by atoms with Crippen molar-refractivity contribution in [2.75, 3.05) is 13.7 Å². The Morgan fingerprint density at radius 2 is 2.33 bits per heavy atom. The van der Waals surface area contributed by atoms with Crippen LogP contribution in [0.5, 0.6) is 11.5 Å². The van der Waals surface area contributed by atoms with Crippen LogP contribution in [0.25, 0.3) is 0 Å². The highest BCUT2D eigenvalue weighted by atomic mass is 16.5. The highest BCUT2D eigenvalue weighted by Gasteiger charge is 2.02. The third kappa shape index (κ3) is 3.24. The average molecular weight is 247 g/mol. The number of imidazole rings is 1. The van der Waals surface area contributed by atoms with E-state index in [1.165, 1.54) is 0 Å². The number of ether oxygens (including phenoxy) is 1. The normalized spacial score (nSPS) is 10.5. The molecular formula is C13H17N3O2. The summed E-state index contributed by atoms with van der Waals surface area (Å²) in [6, 6.07) is 5.32. The molecule has 18 heavy (non-hydrogen) atoms. The van der Waals surface area contributed by atoms with Crippen LogP contribution in [0.3, 0.4) is 0 Å². The van der Waals surface area contributed by atoms with Crippen molar-refractivity contribution in [2.24, 2.45) is 0 Å². The predicted molar refractivity (Wildman–Crippen MR) is 68.6 cm³/mol. The third-order valence-corrected chi connectivity index (χ3v) is 2.71. The van der Waals surface area contributed by atoms with Gasteiger partial charge in [0, 0.05) is 43.7 Å². The topological polar surface area (TPSA) is 59.3 Å². The summed E-state index contributed by atoms with van der Waals surface area (Å²) in [5.74, 6) is 0.916. The van der Waals surface area contributed by atoms with Crippen LogP contribution in [0, 0.1) is 0 Å². The van der Waals surface area contributed by atoms with E-state index in [2.05, 4.69) is 10.3 Å². The first-order valence-corrected chi connectivity index (χ1v) is 5.82. The number of hydrogen-bond acceptors (Lipinski definition) is 4. The molecule has 0 aliphatic rings. The van der Waals surface area contributed by atoms with Crippen LogP contribution in [0.4, 0.5) is 0 Å². The molecule has 1 heterocycles. The summed E-state index contributed by atoms with van der Waals surface area (Å²) in [6.07, 6.45) is 5.47. The zero-order chi connectivity index (χ0) is 12.8. The van der Waals surface area contributed by atoms with E-state index in [9.17, 15) is 5.11 Å². The van der Waals surface area contributed by atoms with Crippen LogP contribution in [0.2, 0.25) is 0 Å². The first kappa shape index (κ1) is 12.4. The summed E-state index contributed by atoms with van der Waals surface area (Å²) in [5.41, 5.74) is 0.862. The molecule has 0 radical (unpaired) electrons. The average Bonchev–Trinajstić information content (AvgIpc) is 2.89. The van der Waals surface area contributed by atoms with Crippen molar-refractivity contribution < 1.29 is 9.84 Å². The highest BCUT2D eigenvalue weighted by molar-refractivity contribution is 5.39. The molecule has 1 aromatic heterocycles. The smallest absolute Gasteiger partial charge is 0.123 e. The number of rotatable bonds is 6. The summed E-state index contributed by atoms with van der Waals surface area (Å²) in [6.45, 7) is 2.31. The molecule has 2 N–H and O–H groups in total. The molecule has 0 spiro atoms. The Labute approximate surface area is 106 Å². The zero-order valence-corrected chi connectivity index (χ0v) is 10.3. The number of nitrogens with one attached hydrogen (secondary N) is 1. The van der Waals surface area contributed by atoms with E-state index < -0.39 is 0 Å². The van der Waals surface area contributed by atoms with Gasteiger partial charge in [-0.05, 0) is 6.07 Å². The van der Waals surface area contributed by atoms with Crippen molar-refractivity contribution in [3.8, 4) is 11.5 Å². The van der Waals surface area contributed by atoms with Gasteiger partial charge in [0.25, 0.3) is 0 Å². The quantitative estimate of drug-likeness (QED) is 0.757. The van der Waals surface area contributed by atoms with E-state index in [0.29, 0.717) is 12.3 Å². The maximum atomic E-state index is 9.77. The molecular weight excluding hydrogens is 230 g/mol. The minimum atomic E-state index is 0.254. The van der Waals surface area contributed by atoms with Gasteiger partial charge >= 0.3 is 0 Å². The SMILES string of the molecule is COc1ccc(CNCCn2ccnc2)c(O)c1. The molecule has 0 fully saturated rings. The van der Waals surface area contributed by atoms with Gasteiger partial charge in [-0.15, -0.1) is 0 Å². The molecule has 2 aromatic rings.